The summed E-state index contributed by atoms with van der Waals surface area (Å²) >= 11 is 6.38. The molecule has 1 aromatic carbocycles. The van der Waals surface area contributed by atoms with E-state index in [9.17, 15) is 9.90 Å². The molecule has 0 radical (unpaired) electrons. The van der Waals surface area contributed by atoms with Gasteiger partial charge in [-0.25, -0.2) is 4.68 Å². The van der Waals surface area contributed by atoms with E-state index in [0.29, 0.717) is 11.3 Å². The van der Waals surface area contributed by atoms with Gasteiger partial charge in [0.25, 0.3) is 5.91 Å². The summed E-state index contributed by atoms with van der Waals surface area (Å²) < 4.78 is 1.55. The van der Waals surface area contributed by atoms with Gasteiger partial charge in [0, 0.05) is 6.54 Å². The number of nitrogens with one attached hydrogen (secondary N) is 1. The van der Waals surface area contributed by atoms with Gasteiger partial charge in [0.1, 0.15) is 5.15 Å². The smallest absolute Gasteiger partial charge is 0.256 e. The van der Waals surface area contributed by atoms with Gasteiger partial charge in [-0.3, -0.25) is 4.79 Å². The molecule has 1 aliphatic rings. The van der Waals surface area contributed by atoms with Crippen molar-refractivity contribution in [3.63, 3.8) is 0 Å². The second-order valence-electron chi connectivity index (χ2n) is 6.32. The maximum Gasteiger partial charge on any atom is 0.256 e. The molecule has 1 amide bonds. The Hall–Kier alpha value is -1.85. The zero-order chi connectivity index (χ0) is 17.1. The molecule has 1 heterocycles. The SMILES string of the molecule is Cc1nn(-c2ccccc2)c(Cl)c1C(=O)NCC(O)C1CCCC1. The Morgan fingerprint density at radius 3 is 2.71 bits per heavy atom. The number of aliphatic hydroxyl groups excluding tert-OH is 1. The van der Waals surface area contributed by atoms with E-state index in [-0.39, 0.29) is 23.5 Å². The van der Waals surface area contributed by atoms with E-state index in [1.165, 1.54) is 0 Å². The highest BCUT2D eigenvalue weighted by molar-refractivity contribution is 6.33. The summed E-state index contributed by atoms with van der Waals surface area (Å²) in [6.07, 6.45) is 3.88. The van der Waals surface area contributed by atoms with Crippen LogP contribution in [0.4, 0.5) is 0 Å². The van der Waals surface area contributed by atoms with Crippen molar-refractivity contribution in [1.29, 1.82) is 0 Å². The average Bonchev–Trinajstić information content (AvgIpc) is 3.22. The summed E-state index contributed by atoms with van der Waals surface area (Å²) in [6, 6.07) is 9.44. The van der Waals surface area contributed by atoms with E-state index in [1.54, 1.807) is 11.6 Å². The number of aliphatic hydroxyl groups is 1. The molecule has 1 atom stereocenters. The lowest BCUT2D eigenvalue weighted by atomic mass is 10.0. The van der Waals surface area contributed by atoms with Gasteiger partial charge < -0.3 is 10.4 Å². The molecule has 1 fully saturated rings. The van der Waals surface area contributed by atoms with Gasteiger partial charge in [0.15, 0.2) is 0 Å². The number of rotatable bonds is 5. The van der Waals surface area contributed by atoms with Crippen LogP contribution in [-0.2, 0) is 0 Å². The standard InChI is InChI=1S/C18H22ClN3O2/c1-12-16(17(19)22(21-12)14-9-3-2-4-10-14)18(24)20-11-15(23)13-7-5-6-8-13/h2-4,9-10,13,15,23H,5-8,11H2,1H3,(H,20,24). The van der Waals surface area contributed by atoms with Gasteiger partial charge in [-0.1, -0.05) is 42.6 Å². The van der Waals surface area contributed by atoms with Crippen molar-refractivity contribution in [3.8, 4) is 5.69 Å². The Morgan fingerprint density at radius 2 is 2.04 bits per heavy atom. The van der Waals surface area contributed by atoms with E-state index in [4.69, 9.17) is 11.6 Å². The normalized spacial score (nSPS) is 16.3. The molecule has 0 saturated heterocycles. The van der Waals surface area contributed by atoms with Crippen LogP contribution in [0.15, 0.2) is 30.3 Å². The lowest BCUT2D eigenvalue weighted by Gasteiger charge is -2.18. The summed E-state index contributed by atoms with van der Waals surface area (Å²) in [5, 5.41) is 17.6. The van der Waals surface area contributed by atoms with Crippen molar-refractivity contribution in [2.45, 2.75) is 38.7 Å². The summed E-state index contributed by atoms with van der Waals surface area (Å²) in [7, 11) is 0. The maximum atomic E-state index is 12.5. The molecule has 1 saturated carbocycles. The number of amides is 1. The largest absolute Gasteiger partial charge is 0.391 e. The van der Waals surface area contributed by atoms with Gasteiger partial charge in [-0.05, 0) is 37.8 Å². The third-order valence-electron chi connectivity index (χ3n) is 4.65. The van der Waals surface area contributed by atoms with Crippen LogP contribution in [0.2, 0.25) is 5.15 Å². The monoisotopic (exact) mass is 347 g/mol. The van der Waals surface area contributed by atoms with E-state index >= 15 is 0 Å². The van der Waals surface area contributed by atoms with Crippen molar-refractivity contribution in [3.05, 3.63) is 46.7 Å². The summed E-state index contributed by atoms with van der Waals surface area (Å²) in [6.45, 7) is 2.00. The first-order valence-electron chi connectivity index (χ1n) is 8.34. The highest BCUT2D eigenvalue weighted by atomic mass is 35.5. The Kier molecular flexibility index (Phi) is 5.21. The molecule has 24 heavy (non-hydrogen) atoms. The Balaban J connectivity index is 1.72. The summed E-state index contributed by atoms with van der Waals surface area (Å²) in [4.78, 5) is 12.5. The average molecular weight is 348 g/mol. The van der Waals surface area contributed by atoms with Crippen LogP contribution in [0.25, 0.3) is 5.69 Å². The van der Waals surface area contributed by atoms with Gasteiger partial charge >= 0.3 is 0 Å². The molecule has 2 N–H and O–H groups in total. The number of carbonyl (C=O) groups excluding carboxylic acids is 1. The van der Waals surface area contributed by atoms with Crippen molar-refractivity contribution >= 4 is 17.5 Å². The second kappa shape index (κ2) is 7.36. The Labute approximate surface area is 146 Å². The van der Waals surface area contributed by atoms with E-state index in [1.807, 2.05) is 30.3 Å². The number of hydrogen-bond donors (Lipinski definition) is 2. The predicted molar refractivity (Wildman–Crippen MR) is 93.6 cm³/mol. The van der Waals surface area contributed by atoms with Gasteiger partial charge in [-0.15, -0.1) is 0 Å². The fraction of sp³-hybridized carbons (Fsp3) is 0.444. The van der Waals surface area contributed by atoms with Crippen LogP contribution in [0.1, 0.15) is 41.7 Å². The molecule has 128 valence electrons. The number of carbonyl (C=O) groups is 1. The van der Waals surface area contributed by atoms with E-state index in [2.05, 4.69) is 10.4 Å². The van der Waals surface area contributed by atoms with Gasteiger partial charge in [0.05, 0.1) is 23.0 Å². The topological polar surface area (TPSA) is 67.2 Å². The minimum Gasteiger partial charge on any atom is -0.391 e. The Bertz CT molecular complexity index is 709. The molecule has 1 aliphatic carbocycles. The van der Waals surface area contributed by atoms with E-state index in [0.717, 1.165) is 31.4 Å². The number of hydrogen-bond acceptors (Lipinski definition) is 3. The molecular formula is C18H22ClN3O2. The fourth-order valence-electron chi connectivity index (χ4n) is 3.29. The third-order valence-corrected chi connectivity index (χ3v) is 5.00. The van der Waals surface area contributed by atoms with E-state index < -0.39 is 6.10 Å². The van der Waals surface area contributed by atoms with Crippen molar-refractivity contribution in [1.82, 2.24) is 15.1 Å². The van der Waals surface area contributed by atoms with Crippen LogP contribution in [0, 0.1) is 12.8 Å². The quantitative estimate of drug-likeness (QED) is 0.873. The lowest BCUT2D eigenvalue weighted by molar-refractivity contribution is 0.0840. The molecule has 0 aliphatic heterocycles. The Morgan fingerprint density at radius 1 is 1.38 bits per heavy atom. The lowest BCUT2D eigenvalue weighted by Crippen LogP contribution is -2.35. The zero-order valence-electron chi connectivity index (χ0n) is 13.7. The number of aromatic nitrogens is 2. The molecule has 0 spiro atoms. The highest BCUT2D eigenvalue weighted by Gasteiger charge is 2.25. The molecule has 1 unspecified atom stereocenters. The molecule has 5 nitrogen and oxygen atoms in total. The first-order chi connectivity index (χ1) is 11.6. The number of nitrogens with zero attached hydrogens (tertiary/aromatic N) is 2. The van der Waals surface area contributed by atoms with Crippen LogP contribution in [-0.4, -0.2) is 33.4 Å². The third kappa shape index (κ3) is 3.47. The van der Waals surface area contributed by atoms with Gasteiger partial charge in [0.2, 0.25) is 0 Å². The van der Waals surface area contributed by atoms with Crippen molar-refractivity contribution in [2.75, 3.05) is 6.54 Å². The minimum atomic E-state index is -0.500. The molecule has 3 rings (SSSR count). The van der Waals surface area contributed by atoms with Crippen LogP contribution in [0.5, 0.6) is 0 Å². The molecule has 0 bridgehead atoms. The molecule has 6 heteroatoms. The van der Waals surface area contributed by atoms with Gasteiger partial charge in [-0.2, -0.15) is 5.10 Å². The van der Waals surface area contributed by atoms with Crippen LogP contribution >= 0.6 is 11.6 Å². The number of benzene rings is 1. The van der Waals surface area contributed by atoms with Crippen LogP contribution in [0.3, 0.4) is 0 Å². The molecule has 1 aromatic heterocycles. The fourth-order valence-corrected chi connectivity index (χ4v) is 3.65. The first-order valence-corrected chi connectivity index (χ1v) is 8.72. The first kappa shape index (κ1) is 17.0. The number of aryl methyl sites for hydroxylation is 1. The number of para-hydroxylation sites is 1. The number of halogens is 1. The van der Waals surface area contributed by atoms with Crippen molar-refractivity contribution in [2.24, 2.45) is 5.92 Å². The highest BCUT2D eigenvalue weighted by Crippen LogP contribution is 2.28. The van der Waals surface area contributed by atoms with Crippen molar-refractivity contribution < 1.29 is 9.90 Å². The summed E-state index contributed by atoms with van der Waals surface area (Å²) in [5.41, 5.74) is 1.73. The maximum absolute atomic E-state index is 12.5. The molecule has 2 aromatic rings. The second-order valence-corrected chi connectivity index (χ2v) is 6.68. The minimum absolute atomic E-state index is 0.246. The predicted octanol–water partition coefficient (Wildman–Crippen LogP) is 3.12. The molecular weight excluding hydrogens is 326 g/mol. The summed E-state index contributed by atoms with van der Waals surface area (Å²) in [5.74, 6) is -0.00867. The zero-order valence-corrected chi connectivity index (χ0v) is 14.5. The van der Waals surface area contributed by atoms with Crippen LogP contribution < -0.4 is 5.32 Å².